The van der Waals surface area contributed by atoms with Crippen molar-refractivity contribution in [1.82, 2.24) is 15.1 Å². The number of carboxylic acids is 1. The predicted molar refractivity (Wildman–Crippen MR) is 81.9 cm³/mol. The van der Waals surface area contributed by atoms with Gasteiger partial charge in [0.15, 0.2) is 5.69 Å². The first-order chi connectivity index (χ1) is 10.8. The van der Waals surface area contributed by atoms with Crippen LogP contribution in [0.5, 0.6) is 0 Å². The number of nitrogens with zero attached hydrogens (tertiary/aromatic N) is 2. The van der Waals surface area contributed by atoms with Gasteiger partial charge in [-0.2, -0.15) is 5.10 Å². The first-order valence-electron chi connectivity index (χ1n) is 7.13. The van der Waals surface area contributed by atoms with Gasteiger partial charge in [0.2, 0.25) is 0 Å². The monoisotopic (exact) mass is 319 g/mol. The van der Waals surface area contributed by atoms with Gasteiger partial charge in [0.1, 0.15) is 11.5 Å². The minimum atomic E-state index is -0.921. The van der Waals surface area contributed by atoms with E-state index in [4.69, 9.17) is 5.11 Å². The second-order valence-corrected chi connectivity index (χ2v) is 5.79. The Labute approximate surface area is 132 Å². The molecule has 1 amide bonds. The third kappa shape index (κ3) is 3.94. The maximum absolute atomic E-state index is 13.7. The second kappa shape index (κ2) is 6.60. The van der Waals surface area contributed by atoms with Gasteiger partial charge in [0.05, 0.1) is 5.41 Å². The average Bonchev–Trinajstić information content (AvgIpc) is 2.97. The lowest BCUT2D eigenvalue weighted by molar-refractivity contribution is -0.147. The molecule has 0 spiro atoms. The summed E-state index contributed by atoms with van der Waals surface area (Å²) < 4.78 is 15.0. The molecule has 0 unspecified atom stereocenters. The van der Waals surface area contributed by atoms with Crippen LogP contribution in [0.1, 0.15) is 30.8 Å². The standard InChI is InChI=1S/C16H18FN3O3/c1-16(2,15(22)23)8-9-18-14(21)12-7-10-20(19-12)13-6-4-3-5-11(13)17/h3-7,10H,8-9H2,1-2H3,(H,18,21)(H,22,23). The molecule has 0 saturated heterocycles. The van der Waals surface area contributed by atoms with E-state index in [1.54, 1.807) is 32.0 Å². The maximum atomic E-state index is 13.7. The van der Waals surface area contributed by atoms with Gasteiger partial charge in [-0.15, -0.1) is 0 Å². The molecule has 122 valence electrons. The number of carbonyl (C=O) groups excluding carboxylic acids is 1. The Morgan fingerprint density at radius 1 is 1.30 bits per heavy atom. The molecule has 2 N–H and O–H groups in total. The zero-order valence-corrected chi connectivity index (χ0v) is 12.9. The fourth-order valence-electron chi connectivity index (χ4n) is 1.90. The zero-order valence-electron chi connectivity index (χ0n) is 12.9. The van der Waals surface area contributed by atoms with Gasteiger partial charge >= 0.3 is 5.97 Å². The van der Waals surface area contributed by atoms with Crippen molar-refractivity contribution in [1.29, 1.82) is 0 Å². The third-order valence-electron chi connectivity index (χ3n) is 3.54. The number of benzene rings is 1. The van der Waals surface area contributed by atoms with Crippen molar-refractivity contribution in [2.75, 3.05) is 6.54 Å². The van der Waals surface area contributed by atoms with Gasteiger partial charge in [-0.3, -0.25) is 9.59 Å². The molecule has 1 aromatic carbocycles. The van der Waals surface area contributed by atoms with Crippen molar-refractivity contribution in [2.24, 2.45) is 5.41 Å². The van der Waals surface area contributed by atoms with E-state index in [2.05, 4.69) is 10.4 Å². The lowest BCUT2D eigenvalue weighted by Crippen LogP contribution is -2.32. The van der Waals surface area contributed by atoms with Gasteiger partial charge in [0.25, 0.3) is 5.91 Å². The lowest BCUT2D eigenvalue weighted by Gasteiger charge is -2.18. The fourth-order valence-corrected chi connectivity index (χ4v) is 1.90. The van der Waals surface area contributed by atoms with Crippen molar-refractivity contribution in [2.45, 2.75) is 20.3 Å². The van der Waals surface area contributed by atoms with Crippen molar-refractivity contribution >= 4 is 11.9 Å². The fraction of sp³-hybridized carbons (Fsp3) is 0.312. The number of rotatable bonds is 6. The van der Waals surface area contributed by atoms with Crippen LogP contribution < -0.4 is 5.32 Å². The molecule has 7 heteroatoms. The quantitative estimate of drug-likeness (QED) is 0.855. The number of nitrogens with one attached hydrogen (secondary N) is 1. The number of aliphatic carboxylic acids is 1. The Kier molecular flexibility index (Phi) is 4.78. The summed E-state index contributed by atoms with van der Waals surface area (Å²) >= 11 is 0. The highest BCUT2D eigenvalue weighted by molar-refractivity contribution is 5.92. The first-order valence-corrected chi connectivity index (χ1v) is 7.13. The third-order valence-corrected chi connectivity index (χ3v) is 3.54. The van der Waals surface area contributed by atoms with E-state index in [-0.39, 0.29) is 17.9 Å². The molecule has 0 radical (unpaired) electrons. The molecule has 6 nitrogen and oxygen atoms in total. The number of amides is 1. The van der Waals surface area contributed by atoms with Gasteiger partial charge in [0, 0.05) is 12.7 Å². The highest BCUT2D eigenvalue weighted by atomic mass is 19.1. The second-order valence-electron chi connectivity index (χ2n) is 5.79. The van der Waals surface area contributed by atoms with E-state index in [1.807, 2.05) is 0 Å². The molecule has 0 atom stereocenters. The molecule has 0 saturated carbocycles. The van der Waals surface area contributed by atoms with Crippen molar-refractivity contribution in [3.63, 3.8) is 0 Å². The van der Waals surface area contributed by atoms with Crippen molar-refractivity contribution in [3.8, 4) is 5.69 Å². The summed E-state index contributed by atoms with van der Waals surface area (Å²) in [6.07, 6.45) is 1.79. The summed E-state index contributed by atoms with van der Waals surface area (Å²) in [5.74, 6) is -1.79. The van der Waals surface area contributed by atoms with Gasteiger partial charge in [-0.25, -0.2) is 9.07 Å². The Hall–Kier alpha value is -2.70. The molecule has 23 heavy (non-hydrogen) atoms. The molecule has 0 bridgehead atoms. The SMILES string of the molecule is CC(C)(CCNC(=O)c1ccn(-c2ccccc2F)n1)C(=O)O. The highest BCUT2D eigenvalue weighted by Gasteiger charge is 2.26. The van der Waals surface area contributed by atoms with Gasteiger partial charge in [-0.05, 0) is 38.5 Å². The van der Waals surface area contributed by atoms with Crippen LogP contribution in [0.3, 0.4) is 0 Å². The summed E-state index contributed by atoms with van der Waals surface area (Å²) in [4.78, 5) is 23.0. The number of hydrogen-bond acceptors (Lipinski definition) is 3. The number of aromatic nitrogens is 2. The van der Waals surface area contributed by atoms with Crippen LogP contribution in [0.2, 0.25) is 0 Å². The summed E-state index contributed by atoms with van der Waals surface area (Å²) in [5.41, 5.74) is -0.528. The van der Waals surface area contributed by atoms with Crippen LogP contribution in [-0.4, -0.2) is 33.3 Å². The molecule has 0 aliphatic carbocycles. The van der Waals surface area contributed by atoms with Crippen LogP contribution in [0.4, 0.5) is 4.39 Å². The Morgan fingerprint density at radius 3 is 2.65 bits per heavy atom. The topological polar surface area (TPSA) is 84.2 Å². The molecule has 0 fully saturated rings. The van der Waals surface area contributed by atoms with Crippen LogP contribution in [0.25, 0.3) is 5.69 Å². The molecular weight excluding hydrogens is 301 g/mol. The van der Waals surface area contributed by atoms with Crippen molar-refractivity contribution < 1.29 is 19.1 Å². The van der Waals surface area contributed by atoms with E-state index >= 15 is 0 Å². The smallest absolute Gasteiger partial charge is 0.309 e. The van der Waals surface area contributed by atoms with E-state index < -0.39 is 23.1 Å². The molecule has 0 aliphatic heterocycles. The van der Waals surface area contributed by atoms with Gasteiger partial charge in [-0.1, -0.05) is 12.1 Å². The Morgan fingerprint density at radius 2 is 2.00 bits per heavy atom. The van der Waals surface area contributed by atoms with E-state index in [1.165, 1.54) is 23.0 Å². The van der Waals surface area contributed by atoms with Crippen LogP contribution >= 0.6 is 0 Å². The number of halogens is 1. The van der Waals surface area contributed by atoms with Crippen LogP contribution in [0.15, 0.2) is 36.5 Å². The summed E-state index contributed by atoms with van der Waals surface area (Å²) in [7, 11) is 0. The number of hydrogen-bond donors (Lipinski definition) is 2. The van der Waals surface area contributed by atoms with Crippen molar-refractivity contribution in [3.05, 3.63) is 48.0 Å². The van der Waals surface area contributed by atoms with E-state index in [0.717, 1.165) is 0 Å². The minimum absolute atomic E-state index is 0.140. The summed E-state index contributed by atoms with van der Waals surface area (Å²) in [5, 5.41) is 15.7. The summed E-state index contributed by atoms with van der Waals surface area (Å²) in [6.45, 7) is 3.40. The number of carboxylic acid groups (broad SMARTS) is 1. The normalized spacial score (nSPS) is 11.3. The Bertz CT molecular complexity index is 725. The summed E-state index contributed by atoms with van der Waals surface area (Å²) in [6, 6.07) is 7.59. The number of para-hydroxylation sites is 1. The molecule has 2 aromatic rings. The van der Waals surface area contributed by atoms with Crippen LogP contribution in [0, 0.1) is 11.2 Å². The largest absolute Gasteiger partial charge is 0.481 e. The zero-order chi connectivity index (χ0) is 17.0. The molecule has 0 aliphatic rings. The lowest BCUT2D eigenvalue weighted by atomic mass is 9.90. The maximum Gasteiger partial charge on any atom is 0.309 e. The van der Waals surface area contributed by atoms with Crippen LogP contribution in [-0.2, 0) is 4.79 Å². The minimum Gasteiger partial charge on any atom is -0.481 e. The first kappa shape index (κ1) is 16.7. The van der Waals surface area contributed by atoms with Gasteiger partial charge < -0.3 is 10.4 Å². The predicted octanol–water partition coefficient (Wildman–Crippen LogP) is 2.24. The van der Waals surface area contributed by atoms with E-state index in [0.29, 0.717) is 6.42 Å². The molecular formula is C16H18FN3O3. The molecule has 1 aromatic heterocycles. The molecule has 2 rings (SSSR count). The Balaban J connectivity index is 2.00. The number of carbonyl (C=O) groups is 2. The average molecular weight is 319 g/mol. The van der Waals surface area contributed by atoms with E-state index in [9.17, 15) is 14.0 Å². The molecule has 1 heterocycles. The highest BCUT2D eigenvalue weighted by Crippen LogP contribution is 2.19.